The fourth-order valence-corrected chi connectivity index (χ4v) is 3.46. The van der Waals surface area contributed by atoms with Crippen molar-refractivity contribution in [2.75, 3.05) is 11.9 Å². The quantitative estimate of drug-likeness (QED) is 0.780. The van der Waals surface area contributed by atoms with Gasteiger partial charge in [0.25, 0.3) is 5.91 Å². The smallest absolute Gasteiger partial charge is 0.326 e. The molecule has 0 saturated carbocycles. The zero-order valence-electron chi connectivity index (χ0n) is 15.9. The van der Waals surface area contributed by atoms with E-state index >= 15 is 0 Å². The topological polar surface area (TPSA) is 86.7 Å². The van der Waals surface area contributed by atoms with E-state index in [1.54, 1.807) is 36.4 Å². The summed E-state index contributed by atoms with van der Waals surface area (Å²) in [7, 11) is 0. The summed E-state index contributed by atoms with van der Waals surface area (Å²) in [6, 6.07) is 11.7. The van der Waals surface area contributed by atoms with E-state index in [2.05, 4.69) is 5.32 Å². The molecule has 2 aromatic carbocycles. The number of aliphatic carboxylic acids is 1. The highest BCUT2D eigenvalue weighted by molar-refractivity contribution is 5.99. The number of amides is 2. The number of piperidine rings is 1. The first-order valence-corrected chi connectivity index (χ1v) is 9.62. The molecule has 1 atom stereocenters. The average Bonchev–Trinajstić information content (AvgIpc) is 2.73. The maximum Gasteiger partial charge on any atom is 0.326 e. The second kappa shape index (κ2) is 9.32. The van der Waals surface area contributed by atoms with E-state index in [0.29, 0.717) is 30.6 Å². The second-order valence-corrected chi connectivity index (χ2v) is 7.10. The van der Waals surface area contributed by atoms with Crippen LogP contribution in [0.5, 0.6) is 0 Å². The van der Waals surface area contributed by atoms with E-state index in [4.69, 9.17) is 0 Å². The molecule has 2 aromatic rings. The molecule has 1 fully saturated rings. The Morgan fingerprint density at radius 3 is 2.59 bits per heavy atom. The first kappa shape index (κ1) is 20.5. The monoisotopic (exact) mass is 398 g/mol. The summed E-state index contributed by atoms with van der Waals surface area (Å²) in [5, 5.41) is 12.1. The Kier molecular flexibility index (Phi) is 6.59. The van der Waals surface area contributed by atoms with E-state index in [-0.39, 0.29) is 24.1 Å². The van der Waals surface area contributed by atoms with Gasteiger partial charge in [0.2, 0.25) is 5.91 Å². The van der Waals surface area contributed by atoms with Gasteiger partial charge in [-0.05, 0) is 61.6 Å². The highest BCUT2D eigenvalue weighted by atomic mass is 19.1. The highest BCUT2D eigenvalue weighted by Crippen LogP contribution is 2.21. The van der Waals surface area contributed by atoms with Crippen LogP contribution in [0.4, 0.5) is 10.1 Å². The van der Waals surface area contributed by atoms with Crippen molar-refractivity contribution in [1.82, 2.24) is 4.90 Å². The van der Waals surface area contributed by atoms with Crippen LogP contribution in [0, 0.1) is 5.82 Å². The van der Waals surface area contributed by atoms with E-state index in [1.807, 2.05) is 0 Å². The molecule has 2 amide bonds. The van der Waals surface area contributed by atoms with Gasteiger partial charge in [0.1, 0.15) is 11.9 Å². The average molecular weight is 398 g/mol. The highest BCUT2D eigenvalue weighted by Gasteiger charge is 2.32. The van der Waals surface area contributed by atoms with Crippen molar-refractivity contribution < 1.29 is 23.9 Å². The predicted molar refractivity (Wildman–Crippen MR) is 106 cm³/mol. The van der Waals surface area contributed by atoms with Crippen molar-refractivity contribution in [3.05, 3.63) is 65.5 Å². The van der Waals surface area contributed by atoms with E-state index in [1.165, 1.54) is 17.0 Å². The maximum atomic E-state index is 12.9. The van der Waals surface area contributed by atoms with E-state index in [9.17, 15) is 23.9 Å². The Hall–Kier alpha value is -3.22. The minimum Gasteiger partial charge on any atom is -0.480 e. The van der Waals surface area contributed by atoms with Crippen molar-refractivity contribution in [1.29, 1.82) is 0 Å². The summed E-state index contributed by atoms with van der Waals surface area (Å²) in [4.78, 5) is 37.9. The molecule has 29 heavy (non-hydrogen) atoms. The number of hydrogen-bond donors (Lipinski definition) is 2. The molecule has 2 N–H and O–H groups in total. The normalized spacial score (nSPS) is 16.3. The van der Waals surface area contributed by atoms with Gasteiger partial charge in [-0.3, -0.25) is 9.59 Å². The minimum absolute atomic E-state index is 0.219. The van der Waals surface area contributed by atoms with Crippen molar-refractivity contribution in [2.24, 2.45) is 0 Å². The van der Waals surface area contributed by atoms with Crippen LogP contribution in [0.3, 0.4) is 0 Å². The maximum absolute atomic E-state index is 12.9. The fraction of sp³-hybridized carbons (Fsp3) is 0.318. The van der Waals surface area contributed by atoms with E-state index in [0.717, 1.165) is 18.4 Å². The molecular weight excluding hydrogens is 375 g/mol. The number of carboxylic acid groups (broad SMARTS) is 1. The Labute approximate surface area is 168 Å². The summed E-state index contributed by atoms with van der Waals surface area (Å²) in [6.07, 6.45) is 2.69. The number of benzene rings is 2. The minimum atomic E-state index is -0.997. The molecule has 0 bridgehead atoms. The molecule has 7 heteroatoms. The summed E-state index contributed by atoms with van der Waals surface area (Å²) < 4.78 is 12.9. The molecule has 3 rings (SSSR count). The van der Waals surface area contributed by atoms with Crippen LogP contribution in [0.15, 0.2) is 48.5 Å². The van der Waals surface area contributed by atoms with Crippen LogP contribution in [-0.2, 0) is 16.0 Å². The number of anilines is 1. The van der Waals surface area contributed by atoms with Gasteiger partial charge < -0.3 is 15.3 Å². The third-order valence-corrected chi connectivity index (χ3v) is 5.00. The van der Waals surface area contributed by atoms with E-state index < -0.39 is 12.0 Å². The number of nitrogens with one attached hydrogen (secondary N) is 1. The van der Waals surface area contributed by atoms with Crippen LogP contribution in [0.2, 0.25) is 0 Å². The molecule has 1 aliphatic heterocycles. The summed E-state index contributed by atoms with van der Waals surface area (Å²) in [6.45, 7) is 0.407. The van der Waals surface area contributed by atoms with Gasteiger partial charge in [0.05, 0.1) is 0 Å². The Morgan fingerprint density at radius 2 is 1.86 bits per heavy atom. The first-order valence-electron chi connectivity index (χ1n) is 9.62. The third kappa shape index (κ3) is 5.40. The fourth-order valence-electron chi connectivity index (χ4n) is 3.46. The molecule has 6 nitrogen and oxygen atoms in total. The van der Waals surface area contributed by atoms with Crippen LogP contribution < -0.4 is 5.32 Å². The molecule has 1 aliphatic rings. The van der Waals surface area contributed by atoms with Gasteiger partial charge >= 0.3 is 5.97 Å². The molecule has 1 unspecified atom stereocenters. The Balaban J connectivity index is 1.62. The van der Waals surface area contributed by atoms with Crippen LogP contribution >= 0.6 is 0 Å². The number of carboxylic acids is 1. The van der Waals surface area contributed by atoms with Crippen LogP contribution in [-0.4, -0.2) is 40.4 Å². The molecule has 0 spiro atoms. The van der Waals surface area contributed by atoms with Gasteiger partial charge in [-0.15, -0.1) is 0 Å². The number of carbonyl (C=O) groups is 3. The number of carbonyl (C=O) groups excluding carboxylic acids is 2. The number of aryl methyl sites for hydroxylation is 1. The lowest BCUT2D eigenvalue weighted by Gasteiger charge is -2.33. The van der Waals surface area contributed by atoms with Crippen molar-refractivity contribution >= 4 is 23.5 Å². The van der Waals surface area contributed by atoms with Crippen LogP contribution in [0.25, 0.3) is 0 Å². The number of likely N-dealkylation sites (tertiary alicyclic amines) is 1. The van der Waals surface area contributed by atoms with Crippen LogP contribution in [0.1, 0.15) is 41.6 Å². The number of nitrogens with zero attached hydrogens (tertiary/aromatic N) is 1. The summed E-state index contributed by atoms with van der Waals surface area (Å²) in [5.41, 5.74) is 1.67. The first-order chi connectivity index (χ1) is 13.9. The lowest BCUT2D eigenvalue weighted by atomic mass is 10.0. The van der Waals surface area contributed by atoms with Gasteiger partial charge in [0.15, 0.2) is 0 Å². The Bertz CT molecular complexity index is 898. The predicted octanol–water partition coefficient (Wildman–Crippen LogP) is 3.48. The molecule has 152 valence electrons. The summed E-state index contributed by atoms with van der Waals surface area (Å²) >= 11 is 0. The Morgan fingerprint density at radius 1 is 1.10 bits per heavy atom. The van der Waals surface area contributed by atoms with Crippen molar-refractivity contribution in [3.63, 3.8) is 0 Å². The molecule has 0 radical (unpaired) electrons. The molecular formula is C22H23FN2O4. The zero-order valence-corrected chi connectivity index (χ0v) is 15.9. The van der Waals surface area contributed by atoms with Crippen molar-refractivity contribution in [2.45, 2.75) is 38.1 Å². The summed E-state index contributed by atoms with van der Waals surface area (Å²) in [5.74, 6) is -1.89. The third-order valence-electron chi connectivity index (χ3n) is 5.00. The number of hydrogen-bond acceptors (Lipinski definition) is 3. The molecule has 0 aliphatic carbocycles. The number of rotatable bonds is 6. The number of halogens is 1. The van der Waals surface area contributed by atoms with Gasteiger partial charge in [-0.25, -0.2) is 9.18 Å². The zero-order chi connectivity index (χ0) is 20.8. The van der Waals surface area contributed by atoms with Crippen molar-refractivity contribution in [3.8, 4) is 0 Å². The molecule has 1 saturated heterocycles. The van der Waals surface area contributed by atoms with Gasteiger partial charge in [0, 0.05) is 24.2 Å². The largest absolute Gasteiger partial charge is 0.480 e. The standard InChI is InChI=1S/C22H23FN2O4/c23-17-10-7-15(8-11-17)9-12-20(26)24-18-5-3-4-16(14-18)21(27)25-13-2-1-6-19(25)22(28)29/h3-5,7-8,10-11,14,19H,1-2,6,9,12-13H2,(H,24,26)(H,28,29). The molecule has 1 heterocycles. The second-order valence-electron chi connectivity index (χ2n) is 7.10. The van der Waals surface area contributed by atoms with Gasteiger partial charge in [-0.2, -0.15) is 0 Å². The lowest BCUT2D eigenvalue weighted by molar-refractivity contribution is -0.143. The van der Waals surface area contributed by atoms with Gasteiger partial charge in [-0.1, -0.05) is 18.2 Å². The molecule has 0 aromatic heterocycles. The lowest BCUT2D eigenvalue weighted by Crippen LogP contribution is -2.48. The SMILES string of the molecule is O=C(CCc1ccc(F)cc1)Nc1cccc(C(=O)N2CCCCC2C(=O)O)c1.